The highest BCUT2D eigenvalue weighted by Gasteiger charge is 2.05. The van der Waals surface area contributed by atoms with Gasteiger partial charge in [-0.15, -0.1) is 11.3 Å². The van der Waals surface area contributed by atoms with Crippen molar-refractivity contribution >= 4 is 28.6 Å². The highest BCUT2D eigenvalue weighted by Crippen LogP contribution is 2.14. The van der Waals surface area contributed by atoms with E-state index in [1.807, 2.05) is 54.6 Å². The van der Waals surface area contributed by atoms with Gasteiger partial charge in [0.15, 0.2) is 5.13 Å². The first-order valence-electron chi connectivity index (χ1n) is 7.97. The Kier molecular flexibility index (Phi) is 5.95. The van der Waals surface area contributed by atoms with E-state index in [-0.39, 0.29) is 12.3 Å². The van der Waals surface area contributed by atoms with E-state index in [2.05, 4.69) is 15.5 Å². The van der Waals surface area contributed by atoms with Crippen molar-refractivity contribution in [3.8, 4) is 5.75 Å². The molecule has 3 rings (SSSR count). The molecule has 3 aromatic rings. The van der Waals surface area contributed by atoms with Crippen molar-refractivity contribution in [3.05, 3.63) is 76.8 Å². The molecule has 6 nitrogen and oxygen atoms in total. The van der Waals surface area contributed by atoms with E-state index >= 15 is 0 Å². The lowest BCUT2D eigenvalue weighted by molar-refractivity contribution is -0.120. The number of aromatic nitrogens is 1. The van der Waals surface area contributed by atoms with Gasteiger partial charge in [0, 0.05) is 5.38 Å². The Morgan fingerprint density at radius 2 is 2.08 bits per heavy atom. The van der Waals surface area contributed by atoms with E-state index in [9.17, 15) is 4.79 Å². The summed E-state index contributed by atoms with van der Waals surface area (Å²) in [5, 5.41) is 6.17. The number of nitrogen functional groups attached to an aromatic ring is 1. The lowest BCUT2D eigenvalue weighted by Crippen LogP contribution is -2.19. The molecule has 1 amide bonds. The third kappa shape index (κ3) is 5.42. The number of carbonyl (C=O) groups excluding carboxylic acids is 1. The molecule has 132 valence electrons. The second-order valence-electron chi connectivity index (χ2n) is 5.49. The van der Waals surface area contributed by atoms with Crippen LogP contribution in [0.1, 0.15) is 16.8 Å². The number of benzene rings is 2. The molecule has 0 fully saturated rings. The van der Waals surface area contributed by atoms with Crippen LogP contribution < -0.4 is 15.9 Å². The number of nitrogens with zero attached hydrogens (tertiary/aromatic N) is 2. The first-order valence-corrected chi connectivity index (χ1v) is 8.85. The second-order valence-corrected chi connectivity index (χ2v) is 6.38. The monoisotopic (exact) mass is 366 g/mol. The number of hydrogen-bond donors (Lipinski definition) is 2. The Morgan fingerprint density at radius 1 is 1.23 bits per heavy atom. The number of hydrazone groups is 1. The van der Waals surface area contributed by atoms with Gasteiger partial charge in [0.25, 0.3) is 0 Å². The lowest BCUT2D eigenvalue weighted by atomic mass is 10.2. The van der Waals surface area contributed by atoms with Gasteiger partial charge in [0.05, 0.1) is 18.3 Å². The van der Waals surface area contributed by atoms with Crippen LogP contribution in [0.2, 0.25) is 0 Å². The quantitative estimate of drug-likeness (QED) is 0.497. The maximum Gasteiger partial charge on any atom is 0.246 e. The highest BCUT2D eigenvalue weighted by atomic mass is 32.1. The van der Waals surface area contributed by atoms with Crippen LogP contribution in [0.3, 0.4) is 0 Å². The summed E-state index contributed by atoms with van der Waals surface area (Å²) in [4.78, 5) is 15.9. The van der Waals surface area contributed by atoms with E-state index in [0.29, 0.717) is 17.4 Å². The van der Waals surface area contributed by atoms with Crippen LogP contribution in [0.5, 0.6) is 5.75 Å². The number of nitrogens with two attached hydrogens (primary N) is 1. The molecule has 0 unspecified atom stereocenters. The maximum atomic E-state index is 11.8. The van der Waals surface area contributed by atoms with Gasteiger partial charge in [-0.1, -0.05) is 42.5 Å². The van der Waals surface area contributed by atoms with Crippen molar-refractivity contribution in [2.45, 2.75) is 13.0 Å². The molecule has 0 spiro atoms. The molecule has 0 aliphatic carbocycles. The van der Waals surface area contributed by atoms with Crippen LogP contribution in [-0.2, 0) is 17.8 Å². The normalized spacial score (nSPS) is 10.8. The Labute approximate surface area is 155 Å². The van der Waals surface area contributed by atoms with Crippen LogP contribution in [-0.4, -0.2) is 17.1 Å². The van der Waals surface area contributed by atoms with Crippen molar-refractivity contribution in [3.63, 3.8) is 0 Å². The molecular formula is C19H18N4O2S. The standard InChI is InChI=1S/C19H18N4O2S/c20-19-22-16(13-26-19)10-18(24)23-21-11-15-7-4-8-17(9-15)25-12-14-5-2-1-3-6-14/h1-9,11,13H,10,12H2,(H2,20,22)(H,23,24)/b21-11+. The number of carbonyl (C=O) groups is 1. The molecule has 0 aliphatic rings. The lowest BCUT2D eigenvalue weighted by Gasteiger charge is -2.06. The van der Waals surface area contributed by atoms with Gasteiger partial charge in [-0.05, 0) is 23.3 Å². The molecule has 0 saturated heterocycles. The Morgan fingerprint density at radius 3 is 2.85 bits per heavy atom. The molecular weight excluding hydrogens is 348 g/mol. The van der Waals surface area contributed by atoms with Gasteiger partial charge in [0.1, 0.15) is 12.4 Å². The highest BCUT2D eigenvalue weighted by molar-refractivity contribution is 7.13. The largest absolute Gasteiger partial charge is 0.489 e. The summed E-state index contributed by atoms with van der Waals surface area (Å²) in [6, 6.07) is 17.4. The van der Waals surface area contributed by atoms with Gasteiger partial charge in [-0.2, -0.15) is 5.10 Å². The summed E-state index contributed by atoms with van der Waals surface area (Å²) in [5.74, 6) is 0.491. The molecule has 0 atom stereocenters. The van der Waals surface area contributed by atoms with Crippen molar-refractivity contribution in [2.75, 3.05) is 5.73 Å². The predicted octanol–water partition coefficient (Wildman–Crippen LogP) is 3.00. The molecule has 1 heterocycles. The molecule has 1 aromatic heterocycles. The fourth-order valence-electron chi connectivity index (χ4n) is 2.21. The minimum Gasteiger partial charge on any atom is -0.489 e. The molecule has 0 bridgehead atoms. The number of ether oxygens (including phenoxy) is 1. The fraction of sp³-hybridized carbons (Fsp3) is 0.105. The van der Waals surface area contributed by atoms with E-state index < -0.39 is 0 Å². The minimum absolute atomic E-state index is 0.144. The van der Waals surface area contributed by atoms with Crippen LogP contribution in [0, 0.1) is 0 Å². The number of amides is 1. The molecule has 3 N–H and O–H groups in total. The number of rotatable bonds is 7. The number of hydrogen-bond acceptors (Lipinski definition) is 6. The summed E-state index contributed by atoms with van der Waals surface area (Å²) in [6.07, 6.45) is 1.72. The molecule has 2 aromatic carbocycles. The fourth-order valence-corrected chi connectivity index (χ4v) is 2.77. The van der Waals surface area contributed by atoms with Gasteiger partial charge in [0.2, 0.25) is 5.91 Å². The van der Waals surface area contributed by atoms with Crippen molar-refractivity contribution in [1.82, 2.24) is 10.4 Å². The summed E-state index contributed by atoms with van der Waals surface area (Å²) in [5.41, 5.74) is 10.6. The van der Waals surface area contributed by atoms with Crippen molar-refractivity contribution < 1.29 is 9.53 Å². The van der Waals surface area contributed by atoms with E-state index in [0.717, 1.165) is 16.9 Å². The topological polar surface area (TPSA) is 89.6 Å². The van der Waals surface area contributed by atoms with Crippen molar-refractivity contribution in [2.24, 2.45) is 5.10 Å². The summed E-state index contributed by atoms with van der Waals surface area (Å²) in [6.45, 7) is 0.495. The number of anilines is 1. The maximum absolute atomic E-state index is 11.8. The van der Waals surface area contributed by atoms with Crippen LogP contribution >= 0.6 is 11.3 Å². The second kappa shape index (κ2) is 8.77. The zero-order chi connectivity index (χ0) is 18.2. The van der Waals surface area contributed by atoms with Gasteiger partial charge in [-0.25, -0.2) is 10.4 Å². The van der Waals surface area contributed by atoms with Crippen molar-refractivity contribution in [1.29, 1.82) is 0 Å². The molecule has 26 heavy (non-hydrogen) atoms. The summed E-state index contributed by atoms with van der Waals surface area (Å²) >= 11 is 1.31. The molecule has 0 saturated carbocycles. The number of nitrogens with one attached hydrogen (secondary N) is 1. The molecule has 7 heteroatoms. The zero-order valence-electron chi connectivity index (χ0n) is 14.0. The van der Waals surface area contributed by atoms with E-state index in [4.69, 9.17) is 10.5 Å². The smallest absolute Gasteiger partial charge is 0.246 e. The SMILES string of the molecule is Nc1nc(CC(=O)N/N=C/c2cccc(OCc3ccccc3)c2)cs1. The van der Waals surface area contributed by atoms with Gasteiger partial charge < -0.3 is 10.5 Å². The van der Waals surface area contributed by atoms with Gasteiger partial charge >= 0.3 is 0 Å². The number of thiazole rings is 1. The first kappa shape index (κ1) is 17.6. The third-order valence-corrected chi connectivity index (χ3v) is 4.14. The molecule has 0 radical (unpaired) electrons. The van der Waals surface area contributed by atoms with E-state index in [1.54, 1.807) is 11.6 Å². The Bertz CT molecular complexity index is 893. The van der Waals surface area contributed by atoms with Crippen LogP contribution in [0.4, 0.5) is 5.13 Å². The average molecular weight is 366 g/mol. The van der Waals surface area contributed by atoms with E-state index in [1.165, 1.54) is 11.3 Å². The zero-order valence-corrected chi connectivity index (χ0v) is 14.8. The first-order chi connectivity index (χ1) is 12.7. The molecule has 0 aliphatic heterocycles. The minimum atomic E-state index is -0.247. The Balaban J connectivity index is 1.51. The van der Waals surface area contributed by atoms with Gasteiger partial charge in [-0.3, -0.25) is 4.79 Å². The Hall–Kier alpha value is -3.19. The van der Waals surface area contributed by atoms with Crippen LogP contribution in [0.15, 0.2) is 65.1 Å². The average Bonchev–Trinajstić information content (AvgIpc) is 3.06. The summed E-state index contributed by atoms with van der Waals surface area (Å²) < 4.78 is 5.77. The summed E-state index contributed by atoms with van der Waals surface area (Å²) in [7, 11) is 0. The predicted molar refractivity (Wildman–Crippen MR) is 103 cm³/mol. The van der Waals surface area contributed by atoms with Crippen LogP contribution in [0.25, 0.3) is 0 Å². The third-order valence-electron chi connectivity index (χ3n) is 3.42.